The van der Waals surface area contributed by atoms with E-state index in [0.29, 0.717) is 5.84 Å². The van der Waals surface area contributed by atoms with Crippen LogP contribution in [-0.4, -0.2) is 14.3 Å². The lowest BCUT2D eigenvalue weighted by molar-refractivity contribution is 0.566. The monoisotopic (exact) mass is 516 g/mol. The van der Waals surface area contributed by atoms with E-state index in [0.717, 1.165) is 21.3 Å². The second-order valence-corrected chi connectivity index (χ2v) is 10.3. The maximum atomic E-state index is 13.3. The Morgan fingerprint density at radius 3 is 1.76 bits per heavy atom. The van der Waals surface area contributed by atoms with Gasteiger partial charge in [-0.05, 0) is 47.5 Å². The first-order chi connectivity index (χ1) is 16.0. The Hall–Kier alpha value is -3.22. The SMILES string of the molecule is O=S(=O)(/N=C1/[C@H](c2ccccc2)[C@@H](c2ccccc2)N1c1ccccc1)c1ccc(Br)cc1. The lowest BCUT2D eigenvalue weighted by atomic mass is 9.77. The highest BCUT2D eigenvalue weighted by atomic mass is 79.9. The normalized spacial score (nSPS) is 19.3. The zero-order chi connectivity index (χ0) is 22.8. The van der Waals surface area contributed by atoms with E-state index in [-0.39, 0.29) is 16.9 Å². The van der Waals surface area contributed by atoms with Crippen LogP contribution in [0.3, 0.4) is 0 Å². The number of anilines is 1. The second-order valence-electron chi connectivity index (χ2n) is 7.83. The molecule has 4 aromatic carbocycles. The Kier molecular flexibility index (Phi) is 5.87. The van der Waals surface area contributed by atoms with Crippen LogP contribution >= 0.6 is 15.9 Å². The summed E-state index contributed by atoms with van der Waals surface area (Å²) >= 11 is 3.36. The van der Waals surface area contributed by atoms with Crippen LogP contribution in [0.15, 0.2) is 129 Å². The highest BCUT2D eigenvalue weighted by Crippen LogP contribution is 2.50. The zero-order valence-electron chi connectivity index (χ0n) is 17.6. The minimum atomic E-state index is -3.90. The van der Waals surface area contributed by atoms with Gasteiger partial charge in [-0.3, -0.25) is 0 Å². The fraction of sp³-hybridized carbons (Fsp3) is 0.0741. The molecule has 4 aromatic rings. The van der Waals surface area contributed by atoms with Crippen molar-refractivity contribution in [2.45, 2.75) is 16.9 Å². The van der Waals surface area contributed by atoms with Crippen molar-refractivity contribution in [1.82, 2.24) is 0 Å². The third kappa shape index (κ3) is 4.24. The largest absolute Gasteiger partial charge is 0.320 e. The Morgan fingerprint density at radius 1 is 0.667 bits per heavy atom. The maximum absolute atomic E-state index is 13.3. The van der Waals surface area contributed by atoms with Crippen molar-refractivity contribution in [2.24, 2.45) is 4.40 Å². The van der Waals surface area contributed by atoms with Crippen LogP contribution in [0.4, 0.5) is 5.69 Å². The Balaban J connectivity index is 1.68. The van der Waals surface area contributed by atoms with Crippen LogP contribution in [0.5, 0.6) is 0 Å². The van der Waals surface area contributed by atoms with E-state index in [9.17, 15) is 8.42 Å². The van der Waals surface area contributed by atoms with Crippen molar-refractivity contribution in [1.29, 1.82) is 0 Å². The van der Waals surface area contributed by atoms with Gasteiger partial charge in [0.1, 0.15) is 5.84 Å². The van der Waals surface area contributed by atoms with Crippen LogP contribution in [0, 0.1) is 0 Å². The average Bonchev–Trinajstić information content (AvgIpc) is 2.84. The van der Waals surface area contributed by atoms with Gasteiger partial charge < -0.3 is 4.90 Å². The van der Waals surface area contributed by atoms with E-state index in [4.69, 9.17) is 0 Å². The van der Waals surface area contributed by atoms with Crippen molar-refractivity contribution < 1.29 is 8.42 Å². The molecule has 1 aliphatic rings. The quantitative estimate of drug-likeness (QED) is 0.301. The molecule has 1 fully saturated rings. The maximum Gasteiger partial charge on any atom is 0.283 e. The molecule has 164 valence electrons. The highest BCUT2D eigenvalue weighted by molar-refractivity contribution is 9.10. The van der Waals surface area contributed by atoms with E-state index in [2.05, 4.69) is 32.5 Å². The highest BCUT2D eigenvalue weighted by Gasteiger charge is 2.48. The molecule has 0 saturated carbocycles. The number of rotatable bonds is 5. The fourth-order valence-electron chi connectivity index (χ4n) is 4.25. The van der Waals surface area contributed by atoms with E-state index in [1.54, 1.807) is 24.3 Å². The standard InChI is InChI=1S/C27H21BrN2O2S/c28-22-16-18-24(19-17-22)33(31,32)29-27-25(20-10-4-1-5-11-20)26(21-12-6-2-7-13-21)30(27)23-14-8-3-9-15-23/h1-19,25-26H/b29-27-/t25-,26-/m1/s1. The van der Waals surface area contributed by atoms with Crippen LogP contribution in [0.1, 0.15) is 23.1 Å². The minimum absolute atomic E-state index is 0.0742. The molecule has 1 saturated heterocycles. The molecule has 1 heterocycles. The first-order valence-electron chi connectivity index (χ1n) is 10.6. The molecule has 2 atom stereocenters. The summed E-state index contributed by atoms with van der Waals surface area (Å²) in [6.45, 7) is 0. The van der Waals surface area contributed by atoms with Gasteiger partial charge in [-0.2, -0.15) is 8.42 Å². The Bertz CT molecular complexity index is 1330. The van der Waals surface area contributed by atoms with Crippen molar-refractivity contribution in [3.05, 3.63) is 131 Å². The molecule has 0 radical (unpaired) electrons. The van der Waals surface area contributed by atoms with E-state index >= 15 is 0 Å². The molecule has 0 N–H and O–H groups in total. The van der Waals surface area contributed by atoms with E-state index in [1.807, 2.05) is 83.8 Å². The first-order valence-corrected chi connectivity index (χ1v) is 12.8. The number of halogens is 1. The number of amidine groups is 1. The van der Waals surface area contributed by atoms with E-state index in [1.165, 1.54) is 0 Å². The van der Waals surface area contributed by atoms with Crippen LogP contribution < -0.4 is 4.90 Å². The predicted octanol–water partition coefficient (Wildman–Crippen LogP) is 6.58. The summed E-state index contributed by atoms with van der Waals surface area (Å²) in [5, 5.41) is 0. The molecular weight excluding hydrogens is 496 g/mol. The van der Waals surface area contributed by atoms with Crippen molar-refractivity contribution in [3.63, 3.8) is 0 Å². The fourth-order valence-corrected chi connectivity index (χ4v) is 5.55. The summed E-state index contributed by atoms with van der Waals surface area (Å²) in [5.41, 5.74) is 3.04. The Labute approximate surface area is 202 Å². The summed E-state index contributed by atoms with van der Waals surface area (Å²) < 4.78 is 31.8. The number of hydrogen-bond donors (Lipinski definition) is 0. The van der Waals surface area contributed by atoms with E-state index < -0.39 is 10.0 Å². The molecule has 0 amide bonds. The van der Waals surface area contributed by atoms with Gasteiger partial charge in [0.2, 0.25) is 0 Å². The number of para-hydroxylation sites is 1. The van der Waals surface area contributed by atoms with Gasteiger partial charge in [0.25, 0.3) is 10.0 Å². The smallest absolute Gasteiger partial charge is 0.283 e. The molecule has 0 bridgehead atoms. The summed E-state index contributed by atoms with van der Waals surface area (Å²) in [6.07, 6.45) is 0. The molecule has 5 rings (SSSR count). The zero-order valence-corrected chi connectivity index (χ0v) is 20.0. The number of sulfonamides is 1. The molecule has 6 heteroatoms. The predicted molar refractivity (Wildman–Crippen MR) is 136 cm³/mol. The van der Waals surface area contributed by atoms with Gasteiger partial charge in [0.05, 0.1) is 16.9 Å². The first kappa shape index (κ1) is 21.6. The molecule has 33 heavy (non-hydrogen) atoms. The van der Waals surface area contributed by atoms with Crippen LogP contribution in [-0.2, 0) is 10.0 Å². The summed E-state index contributed by atoms with van der Waals surface area (Å²) in [6, 6.07) is 36.5. The number of benzene rings is 4. The molecule has 0 unspecified atom stereocenters. The van der Waals surface area contributed by atoms with Gasteiger partial charge in [-0.1, -0.05) is 94.8 Å². The van der Waals surface area contributed by atoms with Gasteiger partial charge in [0, 0.05) is 10.2 Å². The lowest BCUT2D eigenvalue weighted by Crippen LogP contribution is -2.54. The third-order valence-corrected chi connectivity index (χ3v) is 7.60. The molecule has 0 spiro atoms. The van der Waals surface area contributed by atoms with Gasteiger partial charge in [-0.15, -0.1) is 4.40 Å². The van der Waals surface area contributed by atoms with Crippen LogP contribution in [0.25, 0.3) is 0 Å². The molecule has 0 aromatic heterocycles. The summed E-state index contributed by atoms with van der Waals surface area (Å²) in [7, 11) is -3.90. The number of hydrogen-bond acceptors (Lipinski definition) is 2. The summed E-state index contributed by atoms with van der Waals surface area (Å²) in [4.78, 5) is 2.20. The number of nitrogens with zero attached hydrogens (tertiary/aromatic N) is 2. The molecule has 0 aliphatic carbocycles. The van der Waals surface area contributed by atoms with Crippen molar-refractivity contribution in [2.75, 3.05) is 4.90 Å². The Morgan fingerprint density at radius 2 is 1.18 bits per heavy atom. The van der Waals surface area contributed by atoms with Crippen molar-refractivity contribution in [3.8, 4) is 0 Å². The summed E-state index contributed by atoms with van der Waals surface area (Å²) in [5.74, 6) is 0.322. The topological polar surface area (TPSA) is 49.7 Å². The average molecular weight is 517 g/mol. The van der Waals surface area contributed by atoms with Crippen molar-refractivity contribution >= 4 is 37.5 Å². The van der Waals surface area contributed by atoms with Gasteiger partial charge in [0.15, 0.2) is 0 Å². The van der Waals surface area contributed by atoms with Gasteiger partial charge >= 0.3 is 0 Å². The molecular formula is C27H21BrN2O2S. The lowest BCUT2D eigenvalue weighted by Gasteiger charge is -2.50. The molecule has 4 nitrogen and oxygen atoms in total. The second kappa shape index (κ2) is 8.96. The van der Waals surface area contributed by atoms with Gasteiger partial charge in [-0.25, -0.2) is 0 Å². The molecule has 1 aliphatic heterocycles. The minimum Gasteiger partial charge on any atom is -0.320 e. The van der Waals surface area contributed by atoms with Crippen LogP contribution in [0.2, 0.25) is 0 Å². The third-order valence-electron chi connectivity index (χ3n) is 5.78.